The molecular formula is C24H23N3OS. The molecule has 5 heteroatoms. The van der Waals surface area contributed by atoms with Gasteiger partial charge in [-0.2, -0.15) is 0 Å². The van der Waals surface area contributed by atoms with Gasteiger partial charge >= 0.3 is 0 Å². The summed E-state index contributed by atoms with van der Waals surface area (Å²) < 4.78 is 1.10. The second-order valence-corrected chi connectivity index (χ2v) is 8.42. The Morgan fingerprint density at radius 3 is 2.55 bits per heavy atom. The van der Waals surface area contributed by atoms with Gasteiger partial charge in [0.1, 0.15) is 0 Å². The molecule has 0 unspecified atom stereocenters. The number of carbonyl (C=O) groups excluding carboxylic acids is 1. The average molecular weight is 402 g/mol. The van der Waals surface area contributed by atoms with Crippen molar-refractivity contribution in [1.29, 1.82) is 0 Å². The number of aromatic nitrogens is 2. The summed E-state index contributed by atoms with van der Waals surface area (Å²) in [5.74, 6) is 0.0342. The van der Waals surface area contributed by atoms with Gasteiger partial charge in [-0.1, -0.05) is 47.2 Å². The van der Waals surface area contributed by atoms with Crippen LogP contribution in [0.1, 0.15) is 27.8 Å². The molecule has 2 aromatic heterocycles. The second-order valence-electron chi connectivity index (χ2n) is 7.41. The monoisotopic (exact) mass is 401 g/mol. The molecule has 0 atom stereocenters. The fourth-order valence-corrected chi connectivity index (χ4v) is 4.37. The summed E-state index contributed by atoms with van der Waals surface area (Å²) in [7, 11) is 0. The minimum absolute atomic E-state index is 0.0342. The minimum atomic E-state index is 0.0342. The molecular weight excluding hydrogens is 378 g/mol. The number of pyridine rings is 1. The Bertz CT molecular complexity index is 1130. The van der Waals surface area contributed by atoms with E-state index in [1.165, 1.54) is 11.1 Å². The summed E-state index contributed by atoms with van der Waals surface area (Å²) in [4.78, 5) is 24.1. The Morgan fingerprint density at radius 2 is 1.79 bits per heavy atom. The van der Waals surface area contributed by atoms with Crippen LogP contribution in [-0.4, -0.2) is 15.9 Å². The molecule has 2 heterocycles. The van der Waals surface area contributed by atoms with E-state index in [2.05, 4.69) is 37.0 Å². The number of nitrogens with zero attached hydrogens (tertiary/aromatic N) is 3. The molecule has 0 aliphatic rings. The lowest BCUT2D eigenvalue weighted by Gasteiger charge is -2.20. The fourth-order valence-electron chi connectivity index (χ4n) is 3.31. The Hall–Kier alpha value is -3.05. The van der Waals surface area contributed by atoms with Crippen molar-refractivity contribution >= 4 is 32.6 Å². The van der Waals surface area contributed by atoms with Gasteiger partial charge in [0, 0.05) is 12.4 Å². The maximum atomic E-state index is 13.3. The van der Waals surface area contributed by atoms with Crippen molar-refractivity contribution in [2.75, 3.05) is 4.90 Å². The van der Waals surface area contributed by atoms with Crippen molar-refractivity contribution < 1.29 is 4.79 Å². The summed E-state index contributed by atoms with van der Waals surface area (Å²) in [6.45, 7) is 6.68. The highest BCUT2D eigenvalue weighted by atomic mass is 32.1. The molecule has 0 fully saturated rings. The third-order valence-electron chi connectivity index (χ3n) is 5.03. The van der Waals surface area contributed by atoms with Crippen LogP contribution in [0.4, 0.5) is 5.13 Å². The largest absolute Gasteiger partial charge is 0.283 e. The summed E-state index contributed by atoms with van der Waals surface area (Å²) in [5.41, 5.74) is 6.53. The topological polar surface area (TPSA) is 46.1 Å². The van der Waals surface area contributed by atoms with Crippen molar-refractivity contribution in [3.63, 3.8) is 0 Å². The SMILES string of the molecule is Cc1cccc(CC(=O)N(Cc2cccnc2)c2nc3cc(C)c(C)cc3s2)c1. The molecule has 0 saturated heterocycles. The van der Waals surface area contributed by atoms with Gasteiger partial charge in [0.25, 0.3) is 0 Å². The van der Waals surface area contributed by atoms with Crippen molar-refractivity contribution in [3.8, 4) is 0 Å². The van der Waals surface area contributed by atoms with Crippen LogP contribution < -0.4 is 4.90 Å². The highest BCUT2D eigenvalue weighted by Crippen LogP contribution is 2.32. The summed E-state index contributed by atoms with van der Waals surface area (Å²) in [6, 6.07) is 16.2. The van der Waals surface area contributed by atoms with E-state index in [4.69, 9.17) is 4.98 Å². The Kier molecular flexibility index (Phi) is 5.41. The first kappa shape index (κ1) is 19.3. The number of carbonyl (C=O) groups is 1. The summed E-state index contributed by atoms with van der Waals surface area (Å²) >= 11 is 1.56. The van der Waals surface area contributed by atoms with E-state index < -0.39 is 0 Å². The van der Waals surface area contributed by atoms with Crippen LogP contribution in [0.5, 0.6) is 0 Å². The Morgan fingerprint density at radius 1 is 1.00 bits per heavy atom. The van der Waals surface area contributed by atoms with E-state index in [1.54, 1.807) is 28.6 Å². The van der Waals surface area contributed by atoms with Gasteiger partial charge in [-0.05, 0) is 61.2 Å². The van der Waals surface area contributed by atoms with E-state index in [-0.39, 0.29) is 5.91 Å². The van der Waals surface area contributed by atoms with Gasteiger partial charge in [-0.3, -0.25) is 14.7 Å². The molecule has 4 aromatic rings. The first-order valence-corrected chi connectivity index (χ1v) is 10.4. The Labute approximate surface area is 174 Å². The zero-order valence-corrected chi connectivity index (χ0v) is 17.7. The molecule has 0 spiro atoms. The number of amides is 1. The highest BCUT2D eigenvalue weighted by molar-refractivity contribution is 7.22. The maximum absolute atomic E-state index is 13.3. The quantitative estimate of drug-likeness (QED) is 0.450. The van der Waals surface area contributed by atoms with Gasteiger partial charge < -0.3 is 0 Å². The number of fused-ring (bicyclic) bond motifs is 1. The van der Waals surface area contributed by atoms with E-state index >= 15 is 0 Å². The van der Waals surface area contributed by atoms with Crippen LogP contribution in [0.2, 0.25) is 0 Å². The van der Waals surface area contributed by atoms with Gasteiger partial charge in [0.05, 0.1) is 23.2 Å². The van der Waals surface area contributed by atoms with E-state index in [0.29, 0.717) is 13.0 Å². The fraction of sp³-hybridized carbons (Fsp3) is 0.208. The van der Waals surface area contributed by atoms with Crippen LogP contribution >= 0.6 is 11.3 Å². The lowest BCUT2D eigenvalue weighted by Crippen LogP contribution is -2.31. The van der Waals surface area contributed by atoms with Crippen molar-refractivity contribution in [2.45, 2.75) is 33.7 Å². The van der Waals surface area contributed by atoms with Crippen molar-refractivity contribution in [2.24, 2.45) is 0 Å². The first-order chi connectivity index (χ1) is 14.0. The molecule has 4 rings (SSSR count). The molecule has 1 amide bonds. The molecule has 2 aromatic carbocycles. The third-order valence-corrected chi connectivity index (χ3v) is 6.07. The molecule has 0 N–H and O–H groups in total. The number of benzene rings is 2. The van der Waals surface area contributed by atoms with Crippen molar-refractivity contribution in [3.05, 3.63) is 88.7 Å². The molecule has 0 radical (unpaired) electrons. The van der Waals surface area contributed by atoms with Gasteiger partial charge in [0.2, 0.25) is 5.91 Å². The first-order valence-electron chi connectivity index (χ1n) is 9.62. The lowest BCUT2D eigenvalue weighted by atomic mass is 10.1. The van der Waals surface area contributed by atoms with Crippen LogP contribution in [0.3, 0.4) is 0 Å². The molecule has 0 aliphatic carbocycles. The third kappa shape index (κ3) is 4.35. The van der Waals surface area contributed by atoms with Crippen LogP contribution in [0.15, 0.2) is 60.9 Å². The van der Waals surface area contributed by atoms with E-state index in [1.807, 2.05) is 37.3 Å². The maximum Gasteiger partial charge on any atom is 0.233 e. The molecule has 0 bridgehead atoms. The number of thiazole rings is 1. The standard InChI is InChI=1S/C24H23N3OS/c1-16-6-4-7-19(10-16)13-23(28)27(15-20-8-5-9-25-14-20)24-26-21-11-17(2)18(3)12-22(21)29-24/h4-12,14H,13,15H2,1-3H3. The number of hydrogen-bond donors (Lipinski definition) is 0. The number of hydrogen-bond acceptors (Lipinski definition) is 4. The van der Waals surface area contributed by atoms with Gasteiger partial charge in [0.15, 0.2) is 5.13 Å². The Balaban J connectivity index is 1.70. The number of aryl methyl sites for hydroxylation is 3. The smallest absolute Gasteiger partial charge is 0.233 e. The zero-order valence-electron chi connectivity index (χ0n) is 16.8. The van der Waals surface area contributed by atoms with Gasteiger partial charge in [-0.15, -0.1) is 0 Å². The number of anilines is 1. The highest BCUT2D eigenvalue weighted by Gasteiger charge is 2.21. The zero-order chi connectivity index (χ0) is 20.4. The molecule has 4 nitrogen and oxygen atoms in total. The predicted molar refractivity (Wildman–Crippen MR) is 119 cm³/mol. The van der Waals surface area contributed by atoms with Crippen LogP contribution in [0, 0.1) is 20.8 Å². The number of rotatable bonds is 5. The normalized spacial score (nSPS) is 11.0. The summed E-state index contributed by atoms with van der Waals surface area (Å²) in [5, 5.41) is 0.728. The summed E-state index contributed by atoms with van der Waals surface area (Å²) in [6.07, 6.45) is 3.89. The predicted octanol–water partition coefficient (Wildman–Crippen LogP) is 5.39. The van der Waals surface area contributed by atoms with E-state index in [0.717, 1.165) is 32.0 Å². The molecule has 0 saturated carbocycles. The molecule has 146 valence electrons. The lowest BCUT2D eigenvalue weighted by molar-refractivity contribution is -0.118. The average Bonchev–Trinajstić information content (AvgIpc) is 3.09. The van der Waals surface area contributed by atoms with Crippen LogP contribution in [0.25, 0.3) is 10.2 Å². The van der Waals surface area contributed by atoms with Crippen molar-refractivity contribution in [1.82, 2.24) is 9.97 Å². The van der Waals surface area contributed by atoms with E-state index in [9.17, 15) is 4.79 Å². The van der Waals surface area contributed by atoms with Gasteiger partial charge in [-0.25, -0.2) is 4.98 Å². The second kappa shape index (κ2) is 8.13. The molecule has 0 aliphatic heterocycles. The minimum Gasteiger partial charge on any atom is -0.283 e. The molecule has 29 heavy (non-hydrogen) atoms. The van der Waals surface area contributed by atoms with Crippen LogP contribution in [-0.2, 0) is 17.8 Å².